The molecule has 0 amide bonds. The number of aromatic hydroxyl groups is 1. The van der Waals surface area contributed by atoms with Crippen LogP contribution in [0.1, 0.15) is 0 Å². The van der Waals surface area contributed by atoms with Gasteiger partial charge >= 0.3 is 51.4 Å². The average Bonchev–Trinajstić information content (AvgIpc) is 2.06. The Morgan fingerprint density at radius 3 is 2.25 bits per heavy atom. The quantitative estimate of drug-likeness (QED) is 0.144. The van der Waals surface area contributed by atoms with E-state index < -0.39 is 37.1 Å². The molecule has 0 radical (unpaired) electrons. The van der Waals surface area contributed by atoms with Crippen LogP contribution < -0.4 is 57.1 Å². The summed E-state index contributed by atoms with van der Waals surface area (Å²) < 4.78 is 31.8. The van der Waals surface area contributed by atoms with Crippen molar-refractivity contribution in [1.82, 2.24) is 0 Å². The van der Waals surface area contributed by atoms with Crippen molar-refractivity contribution in [3.05, 3.63) is 22.2 Å². The number of rotatable bonds is 2. The molecule has 10 heteroatoms. The van der Waals surface area contributed by atoms with Gasteiger partial charge in [-0.1, -0.05) is 0 Å². The Labute approximate surface area is 133 Å². The summed E-state index contributed by atoms with van der Waals surface area (Å²) >= 11 is 0. The van der Waals surface area contributed by atoms with Crippen LogP contribution in [0.5, 0.6) is 5.75 Å². The molecule has 0 aliphatic rings. The van der Waals surface area contributed by atoms with Gasteiger partial charge in [0, 0.05) is 12.1 Å². The number of hydrogen-bond acceptors (Lipinski definition) is 7. The van der Waals surface area contributed by atoms with Gasteiger partial charge in [-0.25, -0.2) is 8.42 Å². The Hall–Kier alpha value is -0.234. The first-order valence-corrected chi connectivity index (χ1v) is 4.87. The first-order valence-electron chi connectivity index (χ1n) is 3.46. The van der Waals surface area contributed by atoms with E-state index >= 15 is 0 Å². The van der Waals surface area contributed by atoms with E-state index in [1.54, 1.807) is 0 Å². The second kappa shape index (κ2) is 5.40. The molecule has 0 saturated heterocycles. The molecule has 0 aliphatic carbocycles. The summed E-state index contributed by atoms with van der Waals surface area (Å²) in [4.78, 5) is 8.29. The van der Waals surface area contributed by atoms with Crippen LogP contribution in [-0.2, 0) is 10.1 Å². The predicted octanol–water partition coefficient (Wildman–Crippen LogP) is -3.21. The van der Waals surface area contributed by atoms with Crippen molar-refractivity contribution in [2.45, 2.75) is 4.90 Å². The van der Waals surface area contributed by atoms with Gasteiger partial charge in [0.05, 0.1) is 10.6 Å². The van der Waals surface area contributed by atoms with Crippen molar-refractivity contribution in [2.24, 2.45) is 0 Å². The number of phenolic OH excluding ortho intramolecular Hbond substituents is 1. The first kappa shape index (κ1) is 15.8. The van der Waals surface area contributed by atoms with E-state index in [4.69, 9.17) is 10.8 Å². The van der Waals surface area contributed by atoms with Crippen LogP contribution >= 0.6 is 0 Å². The second-order valence-corrected chi connectivity index (χ2v) is 3.94. The van der Waals surface area contributed by atoms with Gasteiger partial charge in [0.1, 0.15) is 15.0 Å². The van der Waals surface area contributed by atoms with Crippen molar-refractivity contribution in [3.8, 4) is 5.75 Å². The Balaban J connectivity index is 0.00000225. The topological polar surface area (TPSA) is 147 Å². The summed E-state index contributed by atoms with van der Waals surface area (Å²) in [5, 5.41) is 19.4. The van der Waals surface area contributed by atoms with Crippen LogP contribution in [0, 0.1) is 10.1 Å². The summed E-state index contributed by atoms with van der Waals surface area (Å²) in [6, 6.07) is 1.21. The van der Waals surface area contributed by atoms with Gasteiger partial charge in [-0.05, 0) is 0 Å². The van der Waals surface area contributed by atoms with E-state index in [1.165, 1.54) is 0 Å². The standard InChI is InChI=1S/C6H6N2O6S.K/c7-4-1-3(8(10)11)2-5(6(4)9)15(12,13)14;/h1-2,9H,7H2,(H,12,13,14);/q;+1/p-1. The molecule has 0 heterocycles. The minimum absolute atomic E-state index is 0. The van der Waals surface area contributed by atoms with Gasteiger partial charge in [-0.2, -0.15) is 0 Å². The van der Waals surface area contributed by atoms with E-state index in [0.29, 0.717) is 6.07 Å². The Morgan fingerprint density at radius 1 is 1.38 bits per heavy atom. The van der Waals surface area contributed by atoms with Gasteiger partial charge in [0.15, 0.2) is 5.75 Å². The van der Waals surface area contributed by atoms with Gasteiger partial charge in [-0.3, -0.25) is 10.1 Å². The number of nitro benzene ring substituents is 1. The van der Waals surface area contributed by atoms with Crippen LogP contribution in [0.2, 0.25) is 0 Å². The molecule has 3 N–H and O–H groups in total. The molecular weight excluding hydrogens is 267 g/mol. The molecule has 0 saturated carbocycles. The minimum Gasteiger partial charge on any atom is -0.744 e. The molecule has 0 aromatic heterocycles. The number of non-ortho nitro benzene ring substituents is 1. The molecule has 1 rings (SSSR count). The van der Waals surface area contributed by atoms with Gasteiger partial charge in [0.2, 0.25) is 0 Å². The molecule has 0 unspecified atom stereocenters. The molecule has 1 aromatic rings. The molecule has 0 aliphatic heterocycles. The summed E-state index contributed by atoms with van der Waals surface area (Å²) in [6.45, 7) is 0. The molecule has 0 fully saturated rings. The van der Waals surface area contributed by atoms with Crippen LogP contribution in [0.15, 0.2) is 17.0 Å². The molecule has 1 aromatic carbocycles. The van der Waals surface area contributed by atoms with E-state index in [1.807, 2.05) is 0 Å². The number of nitrogens with two attached hydrogens (primary N) is 1. The SMILES string of the molecule is Nc1cc([N+](=O)[O-])cc(S(=O)(=O)[O-])c1O.[K+]. The van der Waals surface area contributed by atoms with E-state index in [9.17, 15) is 23.1 Å². The summed E-state index contributed by atoms with van der Waals surface area (Å²) in [5.74, 6) is -0.976. The van der Waals surface area contributed by atoms with Crippen molar-refractivity contribution in [1.29, 1.82) is 0 Å². The second-order valence-electron chi connectivity index (χ2n) is 2.59. The number of nitrogen functional groups attached to an aromatic ring is 1. The maximum absolute atomic E-state index is 10.6. The molecule has 82 valence electrons. The monoisotopic (exact) mass is 272 g/mol. The largest absolute Gasteiger partial charge is 1.00 e. The summed E-state index contributed by atoms with van der Waals surface area (Å²) in [6.07, 6.45) is 0. The number of hydrogen-bond donors (Lipinski definition) is 2. The Morgan fingerprint density at radius 2 is 1.88 bits per heavy atom. The van der Waals surface area contributed by atoms with Crippen LogP contribution in [0.25, 0.3) is 0 Å². The molecule has 0 bridgehead atoms. The number of phenols is 1. The van der Waals surface area contributed by atoms with E-state index in [-0.39, 0.29) is 51.4 Å². The third-order valence-corrected chi connectivity index (χ3v) is 2.42. The Bertz CT molecular complexity index is 528. The number of nitrogens with zero attached hydrogens (tertiary/aromatic N) is 1. The molecule has 0 spiro atoms. The zero-order valence-corrected chi connectivity index (χ0v) is 12.0. The fourth-order valence-electron chi connectivity index (χ4n) is 0.910. The van der Waals surface area contributed by atoms with E-state index in [2.05, 4.69) is 0 Å². The van der Waals surface area contributed by atoms with Gasteiger partial charge in [0.25, 0.3) is 5.69 Å². The zero-order chi connectivity index (χ0) is 11.8. The van der Waals surface area contributed by atoms with Gasteiger partial charge in [-0.15, -0.1) is 0 Å². The minimum atomic E-state index is -5.00. The molecule has 8 nitrogen and oxygen atoms in total. The third-order valence-electron chi connectivity index (χ3n) is 1.57. The predicted molar refractivity (Wildman–Crippen MR) is 47.1 cm³/mol. The number of nitro groups is 1. The maximum Gasteiger partial charge on any atom is 1.00 e. The first-order chi connectivity index (χ1) is 6.73. The fraction of sp³-hybridized carbons (Fsp3) is 0. The van der Waals surface area contributed by atoms with Crippen LogP contribution in [0.3, 0.4) is 0 Å². The average molecular weight is 272 g/mol. The third kappa shape index (κ3) is 3.38. The summed E-state index contributed by atoms with van der Waals surface area (Å²) in [5.41, 5.74) is 3.87. The van der Waals surface area contributed by atoms with Crippen molar-refractivity contribution in [3.63, 3.8) is 0 Å². The van der Waals surface area contributed by atoms with Crippen molar-refractivity contribution < 1.29 is 74.4 Å². The normalized spacial score (nSPS) is 10.6. The van der Waals surface area contributed by atoms with Crippen molar-refractivity contribution in [2.75, 3.05) is 5.73 Å². The molecule has 0 atom stereocenters. The smallest absolute Gasteiger partial charge is 0.744 e. The maximum atomic E-state index is 10.6. The molecular formula is C6H5KN2O6S. The number of anilines is 1. The van der Waals surface area contributed by atoms with Crippen LogP contribution in [0.4, 0.5) is 11.4 Å². The molecule has 16 heavy (non-hydrogen) atoms. The van der Waals surface area contributed by atoms with Gasteiger partial charge < -0.3 is 15.4 Å². The summed E-state index contributed by atoms with van der Waals surface area (Å²) in [7, 11) is -5.00. The van der Waals surface area contributed by atoms with E-state index in [0.717, 1.165) is 6.07 Å². The number of benzene rings is 1. The Kier molecular flexibility index (Phi) is 5.32. The zero-order valence-electron chi connectivity index (χ0n) is 8.08. The van der Waals surface area contributed by atoms with Crippen molar-refractivity contribution >= 4 is 21.5 Å². The van der Waals surface area contributed by atoms with Crippen LogP contribution in [-0.4, -0.2) is 23.0 Å². The fourth-order valence-corrected chi connectivity index (χ4v) is 1.53.